The van der Waals surface area contributed by atoms with Crippen LogP contribution in [0.5, 0.6) is 0 Å². The van der Waals surface area contributed by atoms with Crippen molar-refractivity contribution in [2.24, 2.45) is 0 Å². The minimum Gasteiger partial charge on any atom is -0.294 e. The number of aryl methyl sites for hydroxylation is 3. The maximum Gasteiger partial charge on any atom is 0.277 e. The SMILES string of the molecule is CCc1nn(C2CC2)c2c1C(c1ccccc1)N(c1cc(C)c3nnc(C)n3c1)C2=O. The van der Waals surface area contributed by atoms with Gasteiger partial charge in [-0.15, -0.1) is 10.2 Å². The first-order valence-corrected chi connectivity index (χ1v) is 10.9. The van der Waals surface area contributed by atoms with E-state index in [2.05, 4.69) is 29.3 Å². The fourth-order valence-corrected chi connectivity index (χ4v) is 4.80. The molecule has 1 aliphatic heterocycles. The summed E-state index contributed by atoms with van der Waals surface area (Å²) < 4.78 is 3.97. The molecule has 1 amide bonds. The summed E-state index contributed by atoms with van der Waals surface area (Å²) in [5, 5.41) is 13.4. The average Bonchev–Trinajstić information content (AvgIpc) is 3.35. The molecule has 1 fully saturated rings. The van der Waals surface area contributed by atoms with E-state index in [1.807, 2.05) is 58.3 Å². The van der Waals surface area contributed by atoms with Crippen LogP contribution in [0.25, 0.3) is 5.65 Å². The number of hydrogen-bond donors (Lipinski definition) is 0. The molecular weight excluding hydrogens is 388 g/mol. The predicted molar refractivity (Wildman–Crippen MR) is 117 cm³/mol. The van der Waals surface area contributed by atoms with Crippen LogP contribution < -0.4 is 4.90 Å². The van der Waals surface area contributed by atoms with Crippen molar-refractivity contribution < 1.29 is 4.79 Å². The van der Waals surface area contributed by atoms with Crippen molar-refractivity contribution in [2.45, 2.75) is 52.1 Å². The normalized spacial score (nSPS) is 18.2. The van der Waals surface area contributed by atoms with Crippen LogP contribution in [0.2, 0.25) is 0 Å². The van der Waals surface area contributed by atoms with Crippen molar-refractivity contribution in [3.05, 3.63) is 76.5 Å². The monoisotopic (exact) mass is 412 g/mol. The first kappa shape index (κ1) is 18.3. The lowest BCUT2D eigenvalue weighted by Crippen LogP contribution is -2.30. The Balaban J connectivity index is 1.61. The van der Waals surface area contributed by atoms with Crippen LogP contribution in [-0.4, -0.2) is 30.3 Å². The lowest BCUT2D eigenvalue weighted by molar-refractivity contribution is 0.0983. The van der Waals surface area contributed by atoms with Gasteiger partial charge in [0.15, 0.2) is 5.65 Å². The van der Waals surface area contributed by atoms with E-state index in [1.54, 1.807) is 0 Å². The molecular formula is C24H24N6O. The molecule has 1 aliphatic carbocycles. The van der Waals surface area contributed by atoms with Crippen LogP contribution in [0.15, 0.2) is 42.6 Å². The molecule has 4 aromatic rings. The Morgan fingerprint density at radius 3 is 2.58 bits per heavy atom. The molecule has 0 N–H and O–H groups in total. The Kier molecular flexibility index (Phi) is 3.84. The number of amides is 1. The van der Waals surface area contributed by atoms with Crippen LogP contribution in [0.1, 0.15) is 70.5 Å². The molecule has 156 valence electrons. The molecule has 2 aliphatic rings. The lowest BCUT2D eigenvalue weighted by Gasteiger charge is -2.27. The topological polar surface area (TPSA) is 68.3 Å². The van der Waals surface area contributed by atoms with Gasteiger partial charge >= 0.3 is 0 Å². The van der Waals surface area contributed by atoms with Gasteiger partial charge in [-0.2, -0.15) is 5.10 Å². The van der Waals surface area contributed by atoms with E-state index in [-0.39, 0.29) is 11.9 Å². The highest BCUT2D eigenvalue weighted by Crippen LogP contribution is 2.47. The van der Waals surface area contributed by atoms with E-state index in [9.17, 15) is 4.79 Å². The maximum absolute atomic E-state index is 14.0. The molecule has 7 heteroatoms. The Morgan fingerprint density at radius 1 is 1.10 bits per heavy atom. The second kappa shape index (κ2) is 6.51. The third-order valence-electron chi connectivity index (χ3n) is 6.44. The number of carbonyl (C=O) groups is 1. The summed E-state index contributed by atoms with van der Waals surface area (Å²) in [5.74, 6) is 0.825. The Morgan fingerprint density at radius 2 is 1.87 bits per heavy atom. The fourth-order valence-electron chi connectivity index (χ4n) is 4.80. The zero-order valence-electron chi connectivity index (χ0n) is 17.9. The summed E-state index contributed by atoms with van der Waals surface area (Å²) in [6, 6.07) is 12.5. The summed E-state index contributed by atoms with van der Waals surface area (Å²) in [5.41, 5.74) is 6.60. The molecule has 0 saturated heterocycles. The molecule has 1 aromatic carbocycles. The summed E-state index contributed by atoms with van der Waals surface area (Å²) in [6.45, 7) is 6.06. The van der Waals surface area contributed by atoms with Gasteiger partial charge in [-0.3, -0.25) is 18.8 Å². The number of fused-ring (bicyclic) bond motifs is 2. The van der Waals surface area contributed by atoms with Crippen LogP contribution in [0.3, 0.4) is 0 Å². The zero-order valence-corrected chi connectivity index (χ0v) is 17.9. The summed E-state index contributed by atoms with van der Waals surface area (Å²) in [7, 11) is 0. The average molecular weight is 412 g/mol. The van der Waals surface area contributed by atoms with Crippen molar-refractivity contribution >= 4 is 17.2 Å². The summed E-state index contributed by atoms with van der Waals surface area (Å²) >= 11 is 0. The van der Waals surface area contributed by atoms with Gasteiger partial charge in [-0.05, 0) is 50.3 Å². The highest BCUT2D eigenvalue weighted by atomic mass is 16.2. The highest BCUT2D eigenvalue weighted by molar-refractivity contribution is 6.11. The van der Waals surface area contributed by atoms with Gasteiger partial charge in [0.05, 0.1) is 23.5 Å². The first-order chi connectivity index (χ1) is 15.1. The molecule has 4 heterocycles. The quantitative estimate of drug-likeness (QED) is 0.504. The van der Waals surface area contributed by atoms with Crippen LogP contribution in [-0.2, 0) is 6.42 Å². The Hall–Kier alpha value is -3.48. The number of aromatic nitrogens is 5. The first-order valence-electron chi connectivity index (χ1n) is 10.9. The zero-order chi connectivity index (χ0) is 21.3. The molecule has 7 nitrogen and oxygen atoms in total. The molecule has 6 rings (SSSR count). The molecule has 0 spiro atoms. The minimum atomic E-state index is -0.195. The van der Waals surface area contributed by atoms with Gasteiger partial charge < -0.3 is 0 Å². The number of carbonyl (C=O) groups excluding carboxylic acids is 1. The van der Waals surface area contributed by atoms with Gasteiger partial charge in [-0.25, -0.2) is 0 Å². The third-order valence-corrected chi connectivity index (χ3v) is 6.44. The number of hydrogen-bond acceptors (Lipinski definition) is 4. The molecule has 1 atom stereocenters. The fraction of sp³-hybridized carbons (Fsp3) is 0.333. The van der Waals surface area contributed by atoms with Gasteiger partial charge in [-0.1, -0.05) is 37.3 Å². The molecule has 0 bridgehead atoms. The Labute approximate surface area is 180 Å². The van der Waals surface area contributed by atoms with E-state index in [1.165, 1.54) is 0 Å². The van der Waals surface area contributed by atoms with Crippen molar-refractivity contribution in [1.29, 1.82) is 0 Å². The molecule has 1 saturated carbocycles. The number of rotatable bonds is 4. The van der Waals surface area contributed by atoms with Crippen LogP contribution >= 0.6 is 0 Å². The van der Waals surface area contributed by atoms with E-state index in [0.717, 1.165) is 64.5 Å². The largest absolute Gasteiger partial charge is 0.294 e. The molecule has 31 heavy (non-hydrogen) atoms. The van der Waals surface area contributed by atoms with Crippen molar-refractivity contribution in [2.75, 3.05) is 4.90 Å². The van der Waals surface area contributed by atoms with Gasteiger partial charge in [0.25, 0.3) is 5.91 Å². The van der Waals surface area contributed by atoms with Crippen LogP contribution in [0, 0.1) is 13.8 Å². The number of anilines is 1. The van der Waals surface area contributed by atoms with Gasteiger partial charge in [0.2, 0.25) is 0 Å². The van der Waals surface area contributed by atoms with E-state index in [4.69, 9.17) is 5.10 Å². The van der Waals surface area contributed by atoms with Crippen LogP contribution in [0.4, 0.5) is 5.69 Å². The summed E-state index contributed by atoms with van der Waals surface area (Å²) in [4.78, 5) is 15.9. The second-order valence-electron chi connectivity index (χ2n) is 8.55. The summed E-state index contributed by atoms with van der Waals surface area (Å²) in [6.07, 6.45) is 4.96. The van der Waals surface area contributed by atoms with E-state index in [0.29, 0.717) is 6.04 Å². The standard InChI is InChI=1S/C24H24N6O/c1-4-19-20-21(16-8-6-5-7-9-16)29(24(31)22(20)30(27-19)17-10-11-17)18-12-14(2)23-26-25-15(3)28(23)13-18/h5-9,12-13,17,21H,4,10-11H2,1-3H3. The predicted octanol–water partition coefficient (Wildman–Crippen LogP) is 4.19. The number of benzene rings is 1. The van der Waals surface area contributed by atoms with Crippen molar-refractivity contribution in [1.82, 2.24) is 24.4 Å². The smallest absolute Gasteiger partial charge is 0.277 e. The maximum atomic E-state index is 14.0. The number of pyridine rings is 1. The molecule has 3 aromatic heterocycles. The minimum absolute atomic E-state index is 0.0208. The van der Waals surface area contributed by atoms with Gasteiger partial charge in [0, 0.05) is 11.8 Å². The van der Waals surface area contributed by atoms with E-state index >= 15 is 0 Å². The number of nitrogens with zero attached hydrogens (tertiary/aromatic N) is 6. The lowest BCUT2D eigenvalue weighted by atomic mass is 9.98. The van der Waals surface area contributed by atoms with Crippen molar-refractivity contribution in [3.63, 3.8) is 0 Å². The third kappa shape index (κ3) is 2.59. The Bertz CT molecular complexity index is 1330. The van der Waals surface area contributed by atoms with Crippen molar-refractivity contribution in [3.8, 4) is 0 Å². The van der Waals surface area contributed by atoms with E-state index < -0.39 is 0 Å². The molecule has 1 unspecified atom stereocenters. The highest BCUT2D eigenvalue weighted by Gasteiger charge is 2.46. The second-order valence-corrected chi connectivity index (χ2v) is 8.55. The van der Waals surface area contributed by atoms with Gasteiger partial charge in [0.1, 0.15) is 11.5 Å². The molecule has 0 radical (unpaired) electrons.